The first kappa shape index (κ1) is 48.8. The van der Waals surface area contributed by atoms with Crippen LogP contribution >= 0.6 is 11.6 Å². The molecule has 3 aliphatic heterocycles. The quantitative estimate of drug-likeness (QED) is 0.117. The third-order valence-corrected chi connectivity index (χ3v) is 5.25. The molecule has 0 aromatic heterocycles. The van der Waals surface area contributed by atoms with Gasteiger partial charge in [-0.15, -0.1) is 0 Å². The third kappa shape index (κ3) is 28.1. The first-order valence-electron chi connectivity index (χ1n) is 13.4. The maximum Gasteiger partial charge on any atom is 2.00 e. The van der Waals surface area contributed by atoms with Gasteiger partial charge in [0.05, 0.1) is 26.4 Å². The van der Waals surface area contributed by atoms with Crippen LogP contribution in [0.2, 0.25) is 0 Å². The summed E-state index contributed by atoms with van der Waals surface area (Å²) in [6, 6.07) is 0. The number of ether oxygens (including phenoxy) is 4. The number of ketones is 1. The number of hydrogen-bond acceptors (Lipinski definition) is 8. The van der Waals surface area contributed by atoms with Crippen molar-refractivity contribution < 1.29 is 55.4 Å². The van der Waals surface area contributed by atoms with Gasteiger partial charge in [-0.3, -0.25) is 15.2 Å². The summed E-state index contributed by atoms with van der Waals surface area (Å²) in [6.07, 6.45) is 5.91. The molecule has 3 aliphatic rings. The molecule has 3 fully saturated rings. The van der Waals surface area contributed by atoms with Crippen molar-refractivity contribution in [1.82, 2.24) is 0 Å². The first-order valence-corrected chi connectivity index (χ1v) is 13.8. The van der Waals surface area contributed by atoms with Crippen LogP contribution in [-0.4, -0.2) is 96.0 Å². The molecule has 0 saturated carbocycles. The molecule has 11 heteroatoms. The van der Waals surface area contributed by atoms with Crippen molar-refractivity contribution in [3.63, 3.8) is 0 Å². The summed E-state index contributed by atoms with van der Waals surface area (Å²) in [7, 11) is 0. The van der Waals surface area contributed by atoms with E-state index in [-0.39, 0.29) is 51.8 Å². The fraction of sp³-hybridized carbons (Fsp3) is 0.594. The van der Waals surface area contributed by atoms with Crippen molar-refractivity contribution in [2.24, 2.45) is 0 Å². The fourth-order valence-electron chi connectivity index (χ4n) is 3.25. The molecule has 0 amide bonds. The van der Waals surface area contributed by atoms with Gasteiger partial charge in [-0.05, 0) is 59.2 Å². The van der Waals surface area contributed by atoms with Crippen LogP contribution in [0.1, 0.15) is 74.7 Å². The summed E-state index contributed by atoms with van der Waals surface area (Å²) < 4.78 is 20.5. The fourth-order valence-corrected chi connectivity index (χ4v) is 3.25. The van der Waals surface area contributed by atoms with E-state index in [4.69, 9.17) is 37.1 Å². The summed E-state index contributed by atoms with van der Waals surface area (Å²) >= 11 is 4.87. The van der Waals surface area contributed by atoms with E-state index in [1.165, 1.54) is 0 Å². The summed E-state index contributed by atoms with van der Waals surface area (Å²) in [5, 5.41) is 9.20. The van der Waals surface area contributed by atoms with Crippen molar-refractivity contribution in [2.75, 3.05) is 39.6 Å². The molecule has 3 heterocycles. The van der Waals surface area contributed by atoms with E-state index in [0.717, 1.165) is 29.6 Å². The Balaban J connectivity index is -0.000000237. The molecule has 0 bridgehead atoms. The Morgan fingerprint density at radius 3 is 1.60 bits per heavy atom. The Hall–Kier alpha value is -1.11. The molecule has 3 saturated heterocycles. The van der Waals surface area contributed by atoms with Gasteiger partial charge in [-0.2, -0.15) is 0 Å². The predicted octanol–water partition coefficient (Wildman–Crippen LogP) is 2.65. The van der Waals surface area contributed by atoms with Gasteiger partial charge in [0.25, 0.3) is 0 Å². The minimum Gasteiger partial charge on any atom is -1.00 e. The number of carbonyl (C=O) groups is 3. The zero-order valence-electron chi connectivity index (χ0n) is 27.3. The van der Waals surface area contributed by atoms with E-state index in [9.17, 15) is 19.5 Å². The molecule has 0 aromatic rings. The van der Waals surface area contributed by atoms with E-state index >= 15 is 0 Å². The minimum absolute atomic E-state index is 0. The average molecular weight is 702 g/mol. The maximum atomic E-state index is 11.5. The molecule has 0 spiro atoms. The van der Waals surface area contributed by atoms with E-state index in [0.29, 0.717) is 57.2 Å². The molecule has 2 unspecified atom stereocenters. The topological polar surface area (TPSA) is 108 Å². The van der Waals surface area contributed by atoms with E-state index in [1.807, 2.05) is 53.7 Å². The van der Waals surface area contributed by atoms with Crippen LogP contribution < -0.4 is 17.0 Å². The van der Waals surface area contributed by atoms with Gasteiger partial charge >= 0.3 is 29.0 Å². The van der Waals surface area contributed by atoms with Crippen molar-refractivity contribution in [3.8, 4) is 0 Å². The number of halogens is 2. The van der Waals surface area contributed by atoms with E-state index in [2.05, 4.69) is 13.2 Å². The van der Waals surface area contributed by atoms with Crippen LogP contribution in [0.4, 0.5) is 0 Å². The smallest absolute Gasteiger partial charge is 1.00 e. The van der Waals surface area contributed by atoms with Crippen molar-refractivity contribution in [3.05, 3.63) is 59.8 Å². The second-order valence-corrected chi connectivity index (χ2v) is 11.2. The number of esters is 1. The molecule has 0 radical (unpaired) electrons. The number of aliphatic hydroxyl groups is 1. The Kier molecular flexibility index (Phi) is 29.7. The van der Waals surface area contributed by atoms with Gasteiger partial charge in [0.2, 0.25) is 5.24 Å². The molecule has 8 nitrogen and oxygen atoms in total. The number of carbonyl (C=O) groups excluding carboxylic acids is 3. The van der Waals surface area contributed by atoms with Crippen molar-refractivity contribution in [1.29, 1.82) is 0 Å². The Bertz CT molecular complexity index is 930. The van der Waals surface area contributed by atoms with Gasteiger partial charge in [-0.25, -0.2) is 4.79 Å². The summed E-state index contributed by atoms with van der Waals surface area (Å²) in [4.78, 5) is 31.4. The number of hydrogen-bond donors (Lipinski definition) is 1. The number of rotatable bonds is 5. The van der Waals surface area contributed by atoms with Crippen molar-refractivity contribution in [2.45, 2.75) is 85.9 Å². The second-order valence-electron chi connectivity index (χ2n) is 10.9. The zero-order valence-corrected chi connectivity index (χ0v) is 31.0. The Labute approximate surface area is 290 Å². The normalized spacial score (nSPS) is 20.9. The Morgan fingerprint density at radius 2 is 1.35 bits per heavy atom. The zero-order chi connectivity index (χ0) is 32.2. The predicted molar refractivity (Wildman–Crippen MR) is 169 cm³/mol. The molecule has 1 N–H and O–H groups in total. The SMILES string of the molecule is C=C(C)C(=O)Cl.C=C(C)C(=O)OC1(C=C(C)C)CCOC1.CC(C)=CC1(O)CCOC1.O=C1CCOC1.[Br-].[CH-]=C(C)C.[Mg+2]. The molecule has 242 valence electrons. The summed E-state index contributed by atoms with van der Waals surface area (Å²) in [6.45, 7) is 29.9. The van der Waals surface area contributed by atoms with Crippen LogP contribution in [0, 0.1) is 6.58 Å². The second kappa shape index (κ2) is 26.1. The van der Waals surface area contributed by atoms with Gasteiger partial charge in [0.1, 0.15) is 12.2 Å². The monoisotopic (exact) mass is 700 g/mol. The summed E-state index contributed by atoms with van der Waals surface area (Å²) in [5.74, 6) is -0.118. The molecular weight excluding hydrogens is 652 g/mol. The third-order valence-electron chi connectivity index (χ3n) is 4.92. The average Bonchev–Trinajstić information content (AvgIpc) is 3.57. The largest absolute Gasteiger partial charge is 2.00 e. The van der Waals surface area contributed by atoms with E-state index in [1.54, 1.807) is 13.8 Å². The number of allylic oxidation sites excluding steroid dienone is 4. The van der Waals surface area contributed by atoms with Crippen LogP contribution in [0.15, 0.2) is 53.2 Å². The van der Waals surface area contributed by atoms with Gasteiger partial charge in [0, 0.05) is 37.0 Å². The number of Topliss-reactive ketones (excluding diaryl/α,β-unsaturated/α-hetero) is 1. The minimum atomic E-state index is -0.668. The van der Waals surface area contributed by atoms with Crippen molar-refractivity contribution >= 4 is 51.6 Å². The van der Waals surface area contributed by atoms with E-state index < -0.39 is 16.4 Å². The molecule has 3 rings (SSSR count). The Morgan fingerprint density at radius 1 is 0.884 bits per heavy atom. The molecule has 0 aliphatic carbocycles. The molecular formula is C32H50BrClMgO8. The standard InChI is InChI=1S/C12H18O3.C8H14O2.C4H5ClO.C4H6O2.C4H7.BrH.Mg/c1-9(2)7-12(5-6-14-8-12)15-11(13)10(3)4;1-7(2)5-8(9)3-4-10-6-8;1-3(2)4(5)6;5-4-1-2-6-3-4;1-4(2)3;;/h7H,3,5-6,8H2,1-2,4H3;5,9H,3-4,6H2,1-2H3;1H2,2H3;1-3H2;1H,2-3H3;1H;/q;;;;-1;;+2/p-1. The van der Waals surface area contributed by atoms with Crippen LogP contribution in [0.3, 0.4) is 0 Å². The van der Waals surface area contributed by atoms with Crippen LogP contribution in [-0.2, 0) is 33.3 Å². The van der Waals surface area contributed by atoms with Gasteiger partial charge < -0.3 is 47.6 Å². The molecule has 0 aromatic carbocycles. The first-order chi connectivity index (χ1) is 18.8. The molecule has 43 heavy (non-hydrogen) atoms. The van der Waals surface area contributed by atoms with Crippen LogP contribution in [0.25, 0.3) is 0 Å². The van der Waals surface area contributed by atoms with Gasteiger partial charge in [-0.1, -0.05) is 44.2 Å². The van der Waals surface area contributed by atoms with Gasteiger partial charge in [0.15, 0.2) is 11.4 Å². The molecule has 2 atom stereocenters. The van der Waals surface area contributed by atoms with Crippen LogP contribution in [0.5, 0.6) is 0 Å². The summed E-state index contributed by atoms with van der Waals surface area (Å²) in [5.41, 5.74) is 2.75. The maximum absolute atomic E-state index is 11.5.